The second kappa shape index (κ2) is 8.55. The maximum Gasteiger partial charge on any atom is 0.330 e. The molecule has 136 valence electrons. The number of benzene rings is 2. The van der Waals surface area contributed by atoms with E-state index in [-0.39, 0.29) is 11.4 Å². The van der Waals surface area contributed by atoms with Crippen LogP contribution in [0.15, 0.2) is 59.5 Å². The predicted molar refractivity (Wildman–Crippen MR) is 98.2 cm³/mol. The number of sulfonamides is 1. The van der Waals surface area contributed by atoms with Crippen molar-refractivity contribution in [2.75, 3.05) is 13.7 Å². The lowest BCUT2D eigenvalue weighted by atomic mass is 10.0. The van der Waals surface area contributed by atoms with Crippen LogP contribution in [-0.2, 0) is 19.6 Å². The molecule has 6 nitrogen and oxygen atoms in total. The number of rotatable bonds is 7. The Balaban J connectivity index is 2.14. The average Bonchev–Trinajstić information content (AvgIpc) is 2.64. The molecule has 0 spiro atoms. The van der Waals surface area contributed by atoms with E-state index in [2.05, 4.69) is 9.46 Å². The summed E-state index contributed by atoms with van der Waals surface area (Å²) in [5.74, 6) is -0.960. The van der Waals surface area contributed by atoms with Crippen molar-refractivity contribution in [3.05, 3.63) is 71.3 Å². The number of esters is 1. The Hall–Kier alpha value is -2.77. The molecule has 0 radical (unpaired) electrons. The third kappa shape index (κ3) is 5.11. The van der Waals surface area contributed by atoms with Crippen molar-refractivity contribution in [3.8, 4) is 0 Å². The number of carbonyl (C=O) groups excluding carboxylic acids is 2. The number of aryl methyl sites for hydroxylation is 1. The first-order chi connectivity index (χ1) is 12.3. The molecule has 0 bridgehead atoms. The third-order valence-corrected chi connectivity index (χ3v) is 5.03. The van der Waals surface area contributed by atoms with Crippen molar-refractivity contribution in [3.63, 3.8) is 0 Å². The fourth-order valence-electron chi connectivity index (χ4n) is 2.18. The van der Waals surface area contributed by atoms with Crippen LogP contribution in [0, 0.1) is 6.92 Å². The van der Waals surface area contributed by atoms with Crippen molar-refractivity contribution in [2.45, 2.75) is 11.8 Å². The standard InChI is InChI=1S/C19H19NO5S/c1-14-7-10-16(11-8-14)26(23,24)20-13-18(21)17-6-4-3-5-15(17)9-12-19(22)25-2/h3-12,20H,13H2,1-2H3/b12-9+. The molecule has 1 N–H and O–H groups in total. The molecule has 2 aromatic rings. The van der Waals surface area contributed by atoms with Gasteiger partial charge < -0.3 is 4.74 Å². The van der Waals surface area contributed by atoms with Gasteiger partial charge in [-0.1, -0.05) is 42.0 Å². The van der Waals surface area contributed by atoms with E-state index in [4.69, 9.17) is 0 Å². The van der Waals surface area contributed by atoms with Crippen LogP contribution in [0.5, 0.6) is 0 Å². The van der Waals surface area contributed by atoms with Crippen molar-refractivity contribution in [2.24, 2.45) is 0 Å². The lowest BCUT2D eigenvalue weighted by Gasteiger charge is -2.08. The van der Waals surface area contributed by atoms with Gasteiger partial charge in [0.25, 0.3) is 0 Å². The Bertz CT molecular complexity index is 931. The fraction of sp³-hybridized carbons (Fsp3) is 0.158. The molecular formula is C19H19NO5S. The van der Waals surface area contributed by atoms with Crippen LogP contribution >= 0.6 is 0 Å². The quantitative estimate of drug-likeness (QED) is 0.457. The summed E-state index contributed by atoms with van der Waals surface area (Å²) in [6.07, 6.45) is 2.65. The minimum Gasteiger partial charge on any atom is -0.466 e. The van der Waals surface area contributed by atoms with Crippen molar-refractivity contribution >= 4 is 27.9 Å². The number of methoxy groups -OCH3 is 1. The van der Waals surface area contributed by atoms with Gasteiger partial charge >= 0.3 is 5.97 Å². The van der Waals surface area contributed by atoms with Crippen LogP contribution in [0.25, 0.3) is 6.08 Å². The normalized spacial score (nSPS) is 11.5. The second-order valence-electron chi connectivity index (χ2n) is 5.50. The second-order valence-corrected chi connectivity index (χ2v) is 7.27. The first-order valence-electron chi connectivity index (χ1n) is 7.78. The van der Waals surface area contributed by atoms with E-state index >= 15 is 0 Å². The van der Waals surface area contributed by atoms with Crippen LogP contribution in [0.1, 0.15) is 21.5 Å². The average molecular weight is 373 g/mol. The lowest BCUT2D eigenvalue weighted by molar-refractivity contribution is -0.134. The monoisotopic (exact) mass is 373 g/mol. The molecule has 0 aliphatic carbocycles. The molecule has 26 heavy (non-hydrogen) atoms. The maximum atomic E-state index is 12.4. The molecule has 0 fully saturated rings. The molecule has 0 atom stereocenters. The summed E-state index contributed by atoms with van der Waals surface area (Å²) in [4.78, 5) is 23.7. The van der Waals surface area contributed by atoms with E-state index in [0.717, 1.165) is 5.56 Å². The number of ketones is 1. The largest absolute Gasteiger partial charge is 0.466 e. The van der Waals surface area contributed by atoms with E-state index in [9.17, 15) is 18.0 Å². The third-order valence-electron chi connectivity index (χ3n) is 3.62. The Morgan fingerprint density at radius 1 is 1.08 bits per heavy atom. The summed E-state index contributed by atoms with van der Waals surface area (Å²) in [6, 6.07) is 12.9. The summed E-state index contributed by atoms with van der Waals surface area (Å²) in [5, 5.41) is 0. The lowest BCUT2D eigenvalue weighted by Crippen LogP contribution is -2.30. The number of ether oxygens (including phenoxy) is 1. The van der Waals surface area contributed by atoms with E-state index < -0.39 is 21.8 Å². The molecule has 0 aliphatic heterocycles. The predicted octanol–water partition coefficient (Wildman–Crippen LogP) is 2.34. The molecule has 0 saturated carbocycles. The van der Waals surface area contributed by atoms with Gasteiger partial charge in [0.2, 0.25) is 10.0 Å². The molecule has 2 rings (SSSR count). The van der Waals surface area contributed by atoms with E-state index in [1.165, 1.54) is 31.4 Å². The van der Waals surface area contributed by atoms with E-state index in [0.29, 0.717) is 11.1 Å². The molecular weight excluding hydrogens is 354 g/mol. The zero-order valence-corrected chi connectivity index (χ0v) is 15.2. The highest BCUT2D eigenvalue weighted by Crippen LogP contribution is 2.13. The molecule has 0 aromatic heterocycles. The summed E-state index contributed by atoms with van der Waals surface area (Å²) in [5.41, 5.74) is 1.74. The van der Waals surface area contributed by atoms with Crippen molar-refractivity contribution < 1.29 is 22.7 Å². The highest BCUT2D eigenvalue weighted by molar-refractivity contribution is 7.89. The zero-order valence-electron chi connectivity index (χ0n) is 14.4. The Morgan fingerprint density at radius 2 is 1.73 bits per heavy atom. The molecule has 0 aliphatic rings. The molecule has 0 amide bonds. The summed E-state index contributed by atoms with van der Waals surface area (Å²) >= 11 is 0. The fourth-order valence-corrected chi connectivity index (χ4v) is 3.16. The highest BCUT2D eigenvalue weighted by Gasteiger charge is 2.17. The van der Waals surface area contributed by atoms with Gasteiger partial charge in [-0.25, -0.2) is 17.9 Å². The van der Waals surface area contributed by atoms with Crippen LogP contribution < -0.4 is 4.72 Å². The van der Waals surface area contributed by atoms with Crippen LogP contribution in [-0.4, -0.2) is 33.8 Å². The first-order valence-corrected chi connectivity index (χ1v) is 9.26. The van der Waals surface area contributed by atoms with Gasteiger partial charge in [0.05, 0.1) is 18.6 Å². The molecule has 0 unspecified atom stereocenters. The topological polar surface area (TPSA) is 89.5 Å². The minimum absolute atomic E-state index is 0.0924. The first kappa shape index (κ1) is 19.6. The smallest absolute Gasteiger partial charge is 0.330 e. The SMILES string of the molecule is COC(=O)/C=C/c1ccccc1C(=O)CNS(=O)(=O)c1ccc(C)cc1. The Morgan fingerprint density at radius 3 is 2.38 bits per heavy atom. The Labute approximate surface area is 152 Å². The summed E-state index contributed by atoms with van der Waals surface area (Å²) in [6.45, 7) is 1.46. The van der Waals surface area contributed by atoms with E-state index in [1.807, 2.05) is 6.92 Å². The van der Waals surface area contributed by atoms with Gasteiger partial charge in [0, 0.05) is 11.6 Å². The number of Topliss-reactive ketones (excluding diaryl/α,β-unsaturated/α-hetero) is 1. The summed E-state index contributed by atoms with van der Waals surface area (Å²) < 4.78 is 31.4. The zero-order chi connectivity index (χ0) is 19.2. The Kier molecular flexibility index (Phi) is 6.43. The maximum absolute atomic E-state index is 12.4. The van der Waals surface area contributed by atoms with Gasteiger partial charge in [0.1, 0.15) is 0 Å². The van der Waals surface area contributed by atoms with Gasteiger partial charge in [0.15, 0.2) is 5.78 Å². The van der Waals surface area contributed by atoms with Gasteiger partial charge in [-0.05, 0) is 30.7 Å². The van der Waals surface area contributed by atoms with E-state index in [1.54, 1.807) is 36.4 Å². The van der Waals surface area contributed by atoms with Crippen LogP contribution in [0.2, 0.25) is 0 Å². The van der Waals surface area contributed by atoms with Crippen LogP contribution in [0.4, 0.5) is 0 Å². The van der Waals surface area contributed by atoms with Gasteiger partial charge in [-0.15, -0.1) is 0 Å². The molecule has 0 heterocycles. The summed E-state index contributed by atoms with van der Waals surface area (Å²) in [7, 11) is -2.53. The molecule has 0 saturated heterocycles. The minimum atomic E-state index is -3.79. The molecule has 2 aromatic carbocycles. The van der Waals surface area contributed by atoms with Crippen molar-refractivity contribution in [1.29, 1.82) is 0 Å². The van der Waals surface area contributed by atoms with Crippen LogP contribution in [0.3, 0.4) is 0 Å². The highest BCUT2D eigenvalue weighted by atomic mass is 32.2. The number of nitrogens with one attached hydrogen (secondary N) is 1. The van der Waals surface area contributed by atoms with Gasteiger partial charge in [-0.3, -0.25) is 4.79 Å². The number of hydrogen-bond acceptors (Lipinski definition) is 5. The van der Waals surface area contributed by atoms with Crippen molar-refractivity contribution in [1.82, 2.24) is 4.72 Å². The number of hydrogen-bond donors (Lipinski definition) is 1. The number of carbonyl (C=O) groups is 2. The molecule has 7 heteroatoms. The van der Waals surface area contributed by atoms with Gasteiger partial charge in [-0.2, -0.15) is 0 Å².